The second kappa shape index (κ2) is 5.92. The van der Waals surface area contributed by atoms with Crippen molar-refractivity contribution >= 4 is 6.03 Å². The number of likely N-dealkylation sites (tertiary alicyclic amines) is 1. The lowest BCUT2D eigenvalue weighted by Crippen LogP contribution is -2.48. The van der Waals surface area contributed by atoms with Crippen LogP contribution >= 0.6 is 0 Å². The van der Waals surface area contributed by atoms with Gasteiger partial charge in [0.2, 0.25) is 0 Å². The monoisotopic (exact) mass is 215 g/mol. The summed E-state index contributed by atoms with van der Waals surface area (Å²) in [6.45, 7) is 4.01. The van der Waals surface area contributed by atoms with Crippen LogP contribution in [0.4, 0.5) is 4.79 Å². The highest BCUT2D eigenvalue weighted by Crippen LogP contribution is 2.07. The largest absolute Gasteiger partial charge is 0.392 e. The number of piperidine rings is 1. The molecule has 2 amide bonds. The molecule has 0 bridgehead atoms. The topological polar surface area (TPSA) is 64.6 Å². The molecule has 1 atom stereocenters. The van der Waals surface area contributed by atoms with Crippen molar-refractivity contribution in [2.45, 2.75) is 31.9 Å². The Bertz CT molecular complexity index is 201. The molecule has 0 radical (unpaired) electrons. The van der Waals surface area contributed by atoms with E-state index in [0.29, 0.717) is 6.54 Å². The zero-order chi connectivity index (χ0) is 11.3. The molecule has 1 aliphatic heterocycles. The van der Waals surface area contributed by atoms with Crippen molar-refractivity contribution in [3.8, 4) is 0 Å². The van der Waals surface area contributed by atoms with E-state index in [-0.39, 0.29) is 12.1 Å². The maximum atomic E-state index is 11.4. The van der Waals surface area contributed by atoms with Crippen molar-refractivity contribution in [3.05, 3.63) is 0 Å². The van der Waals surface area contributed by atoms with Gasteiger partial charge in [-0.25, -0.2) is 4.79 Å². The van der Waals surface area contributed by atoms with Crippen molar-refractivity contribution in [2.75, 3.05) is 26.7 Å². The minimum atomic E-state index is -0.492. The average molecular weight is 215 g/mol. The normalized spacial score (nSPS) is 21.0. The molecule has 5 heteroatoms. The number of aliphatic hydroxyl groups excluding tert-OH is 1. The first-order valence-electron chi connectivity index (χ1n) is 5.49. The van der Waals surface area contributed by atoms with Crippen LogP contribution in [0, 0.1) is 0 Å². The van der Waals surface area contributed by atoms with Crippen LogP contribution in [0.1, 0.15) is 19.8 Å². The fourth-order valence-electron chi connectivity index (χ4n) is 1.63. The summed E-state index contributed by atoms with van der Waals surface area (Å²) < 4.78 is 0. The van der Waals surface area contributed by atoms with E-state index in [9.17, 15) is 4.79 Å². The minimum absolute atomic E-state index is 0.176. The zero-order valence-corrected chi connectivity index (χ0v) is 9.49. The molecule has 0 aliphatic carbocycles. The number of hydrogen-bond donors (Lipinski definition) is 3. The number of urea groups is 1. The van der Waals surface area contributed by atoms with Crippen LogP contribution in [0.15, 0.2) is 0 Å². The first-order chi connectivity index (χ1) is 7.08. The lowest BCUT2D eigenvalue weighted by Gasteiger charge is -2.29. The molecule has 0 aromatic rings. The smallest absolute Gasteiger partial charge is 0.315 e. The van der Waals surface area contributed by atoms with Gasteiger partial charge in [-0.15, -0.1) is 0 Å². The predicted molar refractivity (Wildman–Crippen MR) is 58.7 cm³/mol. The van der Waals surface area contributed by atoms with Gasteiger partial charge >= 0.3 is 6.03 Å². The molecule has 1 fully saturated rings. The summed E-state index contributed by atoms with van der Waals surface area (Å²) in [5.74, 6) is 0. The molecule has 0 aromatic carbocycles. The molecule has 1 unspecified atom stereocenters. The molecule has 0 spiro atoms. The number of carbonyl (C=O) groups excluding carboxylic acids is 1. The molecule has 1 heterocycles. The number of hydrogen-bond acceptors (Lipinski definition) is 3. The van der Waals surface area contributed by atoms with E-state index in [4.69, 9.17) is 5.11 Å². The first-order valence-corrected chi connectivity index (χ1v) is 5.49. The van der Waals surface area contributed by atoms with Gasteiger partial charge in [0, 0.05) is 12.6 Å². The van der Waals surface area contributed by atoms with Gasteiger partial charge in [-0.1, -0.05) is 0 Å². The first kappa shape index (κ1) is 12.3. The third kappa shape index (κ3) is 4.99. The van der Waals surface area contributed by atoms with Crippen molar-refractivity contribution in [1.82, 2.24) is 15.5 Å². The highest BCUT2D eigenvalue weighted by molar-refractivity contribution is 5.74. The van der Waals surface area contributed by atoms with Crippen LogP contribution in [0.2, 0.25) is 0 Å². The fourth-order valence-corrected chi connectivity index (χ4v) is 1.63. The Labute approximate surface area is 90.8 Å². The van der Waals surface area contributed by atoms with Crippen LogP contribution in [0.3, 0.4) is 0 Å². The highest BCUT2D eigenvalue weighted by atomic mass is 16.3. The van der Waals surface area contributed by atoms with Gasteiger partial charge in [-0.2, -0.15) is 0 Å². The Morgan fingerprint density at radius 1 is 1.53 bits per heavy atom. The van der Waals surface area contributed by atoms with E-state index in [1.54, 1.807) is 6.92 Å². The molecule has 1 rings (SSSR count). The van der Waals surface area contributed by atoms with Gasteiger partial charge in [0.15, 0.2) is 0 Å². The fraction of sp³-hybridized carbons (Fsp3) is 0.900. The Balaban J connectivity index is 2.15. The summed E-state index contributed by atoms with van der Waals surface area (Å²) in [6.07, 6.45) is 1.50. The number of nitrogens with zero attached hydrogens (tertiary/aromatic N) is 1. The van der Waals surface area contributed by atoms with Crippen molar-refractivity contribution in [2.24, 2.45) is 0 Å². The molecule has 1 aliphatic rings. The summed E-state index contributed by atoms with van der Waals surface area (Å²) in [7, 11) is 2.09. The molecule has 0 saturated carbocycles. The Hall–Kier alpha value is -0.810. The lowest BCUT2D eigenvalue weighted by molar-refractivity contribution is 0.183. The molecular weight excluding hydrogens is 194 g/mol. The standard InChI is InChI=1S/C10H21N3O2/c1-8(14)7-11-10(15)12-9-3-5-13(2)6-4-9/h8-9,14H,3-7H2,1-2H3,(H2,11,12,15). The number of amides is 2. The van der Waals surface area contributed by atoms with Crippen LogP contribution in [-0.4, -0.2) is 54.9 Å². The molecule has 5 nitrogen and oxygen atoms in total. The summed E-state index contributed by atoms with van der Waals surface area (Å²) in [5, 5.41) is 14.5. The summed E-state index contributed by atoms with van der Waals surface area (Å²) in [4.78, 5) is 13.6. The van der Waals surface area contributed by atoms with Gasteiger partial charge in [-0.3, -0.25) is 0 Å². The molecule has 88 valence electrons. The number of rotatable bonds is 3. The van der Waals surface area contributed by atoms with Crippen molar-refractivity contribution in [3.63, 3.8) is 0 Å². The van der Waals surface area contributed by atoms with E-state index >= 15 is 0 Å². The summed E-state index contributed by atoms with van der Waals surface area (Å²) in [5.41, 5.74) is 0. The van der Waals surface area contributed by atoms with Gasteiger partial charge in [0.1, 0.15) is 0 Å². The minimum Gasteiger partial charge on any atom is -0.392 e. The number of carbonyl (C=O) groups is 1. The summed E-state index contributed by atoms with van der Waals surface area (Å²) >= 11 is 0. The molecule has 0 aromatic heterocycles. The van der Waals surface area contributed by atoms with E-state index in [1.807, 2.05) is 0 Å². The van der Waals surface area contributed by atoms with Crippen molar-refractivity contribution < 1.29 is 9.90 Å². The van der Waals surface area contributed by atoms with Gasteiger partial charge in [0.05, 0.1) is 6.10 Å². The maximum Gasteiger partial charge on any atom is 0.315 e. The van der Waals surface area contributed by atoms with E-state index in [0.717, 1.165) is 25.9 Å². The predicted octanol–water partition coefficient (Wildman–Crippen LogP) is -0.239. The van der Waals surface area contributed by atoms with Crippen molar-refractivity contribution in [1.29, 1.82) is 0 Å². The van der Waals surface area contributed by atoms with Crippen LogP contribution in [0.25, 0.3) is 0 Å². The molecule has 1 saturated heterocycles. The third-order valence-corrected chi connectivity index (χ3v) is 2.61. The van der Waals surface area contributed by atoms with Gasteiger partial charge in [-0.05, 0) is 39.9 Å². The van der Waals surface area contributed by atoms with E-state index < -0.39 is 6.10 Å². The maximum absolute atomic E-state index is 11.4. The van der Waals surface area contributed by atoms with E-state index in [2.05, 4.69) is 22.6 Å². The Kier molecular flexibility index (Phi) is 4.84. The Morgan fingerprint density at radius 2 is 2.13 bits per heavy atom. The Morgan fingerprint density at radius 3 is 2.67 bits per heavy atom. The third-order valence-electron chi connectivity index (χ3n) is 2.61. The highest BCUT2D eigenvalue weighted by Gasteiger charge is 2.18. The second-order valence-electron chi connectivity index (χ2n) is 4.28. The lowest BCUT2D eigenvalue weighted by atomic mass is 10.1. The van der Waals surface area contributed by atoms with Crippen LogP contribution in [-0.2, 0) is 0 Å². The molecule has 15 heavy (non-hydrogen) atoms. The summed E-state index contributed by atoms with van der Waals surface area (Å²) in [6, 6.07) is 0.0978. The zero-order valence-electron chi connectivity index (χ0n) is 9.49. The van der Waals surface area contributed by atoms with Gasteiger partial charge in [0.25, 0.3) is 0 Å². The molecular formula is C10H21N3O2. The SMILES string of the molecule is CC(O)CNC(=O)NC1CCN(C)CC1. The van der Waals surface area contributed by atoms with Crippen LogP contribution < -0.4 is 10.6 Å². The second-order valence-corrected chi connectivity index (χ2v) is 4.28. The quantitative estimate of drug-likeness (QED) is 0.609. The molecule has 3 N–H and O–H groups in total. The van der Waals surface area contributed by atoms with Gasteiger partial charge < -0.3 is 20.6 Å². The number of aliphatic hydroxyl groups is 1. The van der Waals surface area contributed by atoms with Crippen LogP contribution in [0.5, 0.6) is 0 Å². The average Bonchev–Trinajstić information content (AvgIpc) is 2.19. The van der Waals surface area contributed by atoms with E-state index in [1.165, 1.54) is 0 Å². The number of nitrogens with one attached hydrogen (secondary N) is 2.